The molecule has 2 N–H and O–H groups in total. The highest BCUT2D eigenvalue weighted by atomic mass is 79.9. The second kappa shape index (κ2) is 3.98. The lowest BCUT2D eigenvalue weighted by atomic mass is 10.0. The van der Waals surface area contributed by atoms with Crippen LogP contribution in [0, 0.1) is 0 Å². The maximum absolute atomic E-state index is 11.0. The van der Waals surface area contributed by atoms with E-state index >= 15 is 0 Å². The van der Waals surface area contributed by atoms with E-state index in [1.165, 1.54) is 0 Å². The van der Waals surface area contributed by atoms with E-state index in [4.69, 9.17) is 17.3 Å². The van der Waals surface area contributed by atoms with Gasteiger partial charge in [-0.3, -0.25) is 4.79 Å². The van der Waals surface area contributed by atoms with Crippen LogP contribution < -0.4 is 10.6 Å². The third kappa shape index (κ3) is 1.94. The topological polar surface area (TPSA) is 59.2 Å². The van der Waals surface area contributed by atoms with E-state index in [0.29, 0.717) is 10.8 Å². The Labute approximate surface area is 101 Å². The summed E-state index contributed by atoms with van der Waals surface area (Å²) in [5.74, 6) is 0.289. The first-order valence-corrected chi connectivity index (χ1v) is 5.63. The predicted molar refractivity (Wildman–Crippen MR) is 61.9 cm³/mol. The highest BCUT2D eigenvalue weighted by Crippen LogP contribution is 2.32. The smallest absolute Gasteiger partial charge is 0.240 e. The molecular weight excluding hydrogens is 281 g/mol. The van der Waals surface area contributed by atoms with E-state index < -0.39 is 0 Å². The van der Waals surface area contributed by atoms with Crippen LogP contribution >= 0.6 is 27.5 Å². The Morgan fingerprint density at radius 1 is 1.73 bits per heavy atom. The standard InChI is InChI=1S/C9H9BrClN3O/c10-5-3-6(11)9(13-4-5)14-2-1-7(14)8(12)15/h3-4,7H,1-2H2,(H2,12,15). The lowest BCUT2D eigenvalue weighted by molar-refractivity contribution is -0.120. The molecule has 1 aromatic heterocycles. The molecule has 1 fully saturated rings. The van der Waals surface area contributed by atoms with Gasteiger partial charge in [-0.2, -0.15) is 0 Å². The molecule has 15 heavy (non-hydrogen) atoms. The fourth-order valence-corrected chi connectivity index (χ4v) is 2.29. The van der Waals surface area contributed by atoms with Crippen LogP contribution in [0.4, 0.5) is 5.82 Å². The zero-order valence-corrected chi connectivity index (χ0v) is 10.1. The van der Waals surface area contributed by atoms with Crippen LogP contribution in [0.2, 0.25) is 5.02 Å². The largest absolute Gasteiger partial charge is 0.368 e. The molecule has 1 aliphatic rings. The zero-order chi connectivity index (χ0) is 11.0. The van der Waals surface area contributed by atoms with Crippen molar-refractivity contribution in [1.29, 1.82) is 0 Å². The number of nitrogens with two attached hydrogens (primary N) is 1. The van der Waals surface area contributed by atoms with E-state index in [0.717, 1.165) is 17.4 Å². The number of primary amides is 1. The SMILES string of the molecule is NC(=O)C1CCN1c1ncc(Br)cc1Cl. The molecule has 4 nitrogen and oxygen atoms in total. The number of carbonyl (C=O) groups is 1. The Morgan fingerprint density at radius 3 is 2.93 bits per heavy atom. The van der Waals surface area contributed by atoms with Crippen molar-refractivity contribution in [2.24, 2.45) is 5.73 Å². The van der Waals surface area contributed by atoms with Gasteiger partial charge in [0.05, 0.1) is 5.02 Å². The molecule has 1 aliphatic heterocycles. The summed E-state index contributed by atoms with van der Waals surface area (Å²) in [5, 5.41) is 0.523. The Bertz CT molecular complexity index is 412. The number of pyridine rings is 1. The molecule has 1 atom stereocenters. The molecule has 2 heterocycles. The summed E-state index contributed by atoms with van der Waals surface area (Å²) in [5.41, 5.74) is 5.24. The van der Waals surface area contributed by atoms with Crippen molar-refractivity contribution < 1.29 is 4.79 Å². The molecule has 1 unspecified atom stereocenters. The van der Waals surface area contributed by atoms with Gasteiger partial charge in [-0.1, -0.05) is 11.6 Å². The van der Waals surface area contributed by atoms with Gasteiger partial charge >= 0.3 is 0 Å². The maximum atomic E-state index is 11.0. The van der Waals surface area contributed by atoms with Gasteiger partial charge in [0.25, 0.3) is 0 Å². The van der Waals surface area contributed by atoms with Gasteiger partial charge in [0.2, 0.25) is 5.91 Å². The third-order valence-electron chi connectivity index (χ3n) is 2.41. The molecule has 6 heteroatoms. The number of hydrogen-bond donors (Lipinski definition) is 1. The van der Waals surface area contributed by atoms with Gasteiger partial charge in [0.1, 0.15) is 11.9 Å². The van der Waals surface area contributed by atoms with E-state index in [1.54, 1.807) is 12.3 Å². The monoisotopic (exact) mass is 289 g/mol. The van der Waals surface area contributed by atoms with Crippen molar-refractivity contribution in [3.05, 3.63) is 21.8 Å². The fourth-order valence-electron chi connectivity index (χ4n) is 1.56. The highest BCUT2D eigenvalue weighted by Gasteiger charge is 2.34. The number of anilines is 1. The first kappa shape index (κ1) is 10.7. The number of aromatic nitrogens is 1. The van der Waals surface area contributed by atoms with Crippen molar-refractivity contribution in [2.45, 2.75) is 12.5 Å². The Morgan fingerprint density at radius 2 is 2.47 bits per heavy atom. The Kier molecular flexibility index (Phi) is 2.84. The highest BCUT2D eigenvalue weighted by molar-refractivity contribution is 9.10. The van der Waals surface area contributed by atoms with Crippen molar-refractivity contribution in [2.75, 3.05) is 11.4 Å². The molecule has 0 saturated carbocycles. The van der Waals surface area contributed by atoms with E-state index in [1.807, 2.05) is 4.90 Å². The van der Waals surface area contributed by atoms with E-state index in [9.17, 15) is 4.79 Å². The summed E-state index contributed by atoms with van der Waals surface area (Å²) < 4.78 is 0.812. The van der Waals surface area contributed by atoms with Crippen LogP contribution in [-0.4, -0.2) is 23.5 Å². The van der Waals surface area contributed by atoms with Crippen molar-refractivity contribution >= 4 is 39.3 Å². The van der Waals surface area contributed by atoms with Crippen LogP contribution in [0.3, 0.4) is 0 Å². The summed E-state index contributed by atoms with van der Waals surface area (Å²) in [6.45, 7) is 0.766. The van der Waals surface area contributed by atoms with Crippen LogP contribution in [0.25, 0.3) is 0 Å². The Hall–Kier alpha value is -0.810. The van der Waals surface area contributed by atoms with E-state index in [2.05, 4.69) is 20.9 Å². The number of carbonyl (C=O) groups excluding carboxylic acids is 1. The van der Waals surface area contributed by atoms with Gasteiger partial charge in [-0.05, 0) is 28.4 Å². The minimum absolute atomic E-state index is 0.267. The van der Waals surface area contributed by atoms with Gasteiger partial charge < -0.3 is 10.6 Å². The van der Waals surface area contributed by atoms with Crippen molar-refractivity contribution in [1.82, 2.24) is 4.98 Å². The summed E-state index contributed by atoms with van der Waals surface area (Å²) >= 11 is 9.29. The molecule has 0 bridgehead atoms. The number of rotatable bonds is 2. The van der Waals surface area contributed by atoms with Gasteiger partial charge in [-0.15, -0.1) is 0 Å². The average Bonchev–Trinajstić information content (AvgIpc) is 2.06. The van der Waals surface area contributed by atoms with Gasteiger partial charge in [0.15, 0.2) is 0 Å². The normalized spacial score (nSPS) is 19.9. The molecule has 0 spiro atoms. The van der Waals surface area contributed by atoms with Gasteiger partial charge in [0, 0.05) is 17.2 Å². The molecule has 0 aliphatic carbocycles. The first-order valence-electron chi connectivity index (χ1n) is 4.46. The van der Waals surface area contributed by atoms with Crippen molar-refractivity contribution in [3.63, 3.8) is 0 Å². The molecule has 80 valence electrons. The molecule has 1 saturated heterocycles. The minimum atomic E-state index is -0.331. The Balaban J connectivity index is 2.27. The number of hydrogen-bond acceptors (Lipinski definition) is 3. The number of amides is 1. The zero-order valence-electron chi connectivity index (χ0n) is 7.78. The minimum Gasteiger partial charge on any atom is -0.368 e. The molecule has 0 aromatic carbocycles. The van der Waals surface area contributed by atoms with Crippen LogP contribution in [0.1, 0.15) is 6.42 Å². The summed E-state index contributed by atoms with van der Waals surface area (Å²) in [7, 11) is 0. The predicted octanol–water partition coefficient (Wildman–Crippen LogP) is 1.56. The van der Waals surface area contributed by atoms with Gasteiger partial charge in [-0.25, -0.2) is 4.98 Å². The number of halogens is 2. The molecule has 1 aromatic rings. The van der Waals surface area contributed by atoms with Crippen molar-refractivity contribution in [3.8, 4) is 0 Å². The van der Waals surface area contributed by atoms with Crippen LogP contribution in [0.5, 0.6) is 0 Å². The maximum Gasteiger partial charge on any atom is 0.240 e. The summed E-state index contributed by atoms with van der Waals surface area (Å²) in [4.78, 5) is 17.0. The van der Waals surface area contributed by atoms with Crippen LogP contribution in [-0.2, 0) is 4.79 Å². The van der Waals surface area contributed by atoms with E-state index in [-0.39, 0.29) is 11.9 Å². The molecule has 2 rings (SSSR count). The summed E-state index contributed by atoms with van der Waals surface area (Å²) in [6, 6.07) is 1.48. The molecular formula is C9H9BrClN3O. The number of nitrogens with zero attached hydrogens (tertiary/aromatic N) is 2. The molecule has 1 amide bonds. The lowest BCUT2D eigenvalue weighted by Crippen LogP contribution is -2.55. The summed E-state index contributed by atoms with van der Waals surface area (Å²) in [6.07, 6.45) is 2.42. The second-order valence-electron chi connectivity index (χ2n) is 3.36. The first-order chi connectivity index (χ1) is 7.09. The fraction of sp³-hybridized carbons (Fsp3) is 0.333. The van der Waals surface area contributed by atoms with Crippen LogP contribution in [0.15, 0.2) is 16.7 Å². The second-order valence-corrected chi connectivity index (χ2v) is 4.68. The average molecular weight is 291 g/mol. The molecule has 0 radical (unpaired) electrons. The lowest BCUT2D eigenvalue weighted by Gasteiger charge is -2.40. The third-order valence-corrected chi connectivity index (χ3v) is 3.12. The quantitative estimate of drug-likeness (QED) is 0.899.